The maximum atomic E-state index is 5.98. The van der Waals surface area contributed by atoms with Crippen LogP contribution in [0, 0.1) is 5.92 Å². The summed E-state index contributed by atoms with van der Waals surface area (Å²) in [7, 11) is 0. The highest BCUT2D eigenvalue weighted by Crippen LogP contribution is 2.13. The molecular weight excluding hydrogens is 402 g/mol. The summed E-state index contributed by atoms with van der Waals surface area (Å²) in [6.45, 7) is 18.8. The Morgan fingerprint density at radius 1 is 1.09 bits per heavy atom. The predicted molar refractivity (Wildman–Crippen MR) is 131 cm³/mol. The molecule has 0 spiro atoms. The maximum Gasteiger partial charge on any atom is 0.191 e. The molecule has 3 rings (SSSR count). The number of hydrogen-bond acceptors (Lipinski definition) is 5. The van der Waals surface area contributed by atoms with Crippen molar-refractivity contribution in [2.24, 2.45) is 10.9 Å². The first-order valence-electron chi connectivity index (χ1n) is 12.3. The Morgan fingerprint density at radius 3 is 2.66 bits per heavy atom. The summed E-state index contributed by atoms with van der Waals surface area (Å²) in [5.41, 5.74) is 2.57. The number of benzene rings is 1. The van der Waals surface area contributed by atoms with Gasteiger partial charge >= 0.3 is 0 Å². The number of guanidine groups is 1. The highest BCUT2D eigenvalue weighted by molar-refractivity contribution is 5.79. The second kappa shape index (κ2) is 13.1. The molecule has 0 amide bonds. The molecule has 2 heterocycles. The van der Waals surface area contributed by atoms with Crippen molar-refractivity contribution in [1.29, 1.82) is 0 Å². The molecule has 2 saturated heterocycles. The molecule has 7 nitrogen and oxygen atoms in total. The van der Waals surface area contributed by atoms with Crippen LogP contribution in [0.2, 0.25) is 0 Å². The Kier molecular flexibility index (Phi) is 10.2. The molecule has 1 aromatic rings. The van der Waals surface area contributed by atoms with Crippen LogP contribution in [0.15, 0.2) is 29.3 Å². The average Bonchev–Trinajstić information content (AvgIpc) is 2.76. The SMILES string of the molecule is CCNC(=NCc1cccc(CN2CCOC(C)C2)c1)NCC1CN(CC(C)C)CCO1. The molecule has 180 valence electrons. The zero-order valence-corrected chi connectivity index (χ0v) is 20.5. The molecule has 2 unspecified atom stereocenters. The molecule has 2 aliphatic heterocycles. The third-order valence-electron chi connectivity index (χ3n) is 5.83. The summed E-state index contributed by atoms with van der Waals surface area (Å²) in [6.07, 6.45) is 0.515. The van der Waals surface area contributed by atoms with Crippen LogP contribution in [0.3, 0.4) is 0 Å². The van der Waals surface area contributed by atoms with Crippen molar-refractivity contribution in [3.05, 3.63) is 35.4 Å². The van der Waals surface area contributed by atoms with Crippen LogP contribution in [0.1, 0.15) is 38.8 Å². The van der Waals surface area contributed by atoms with Gasteiger partial charge in [0.25, 0.3) is 0 Å². The van der Waals surface area contributed by atoms with E-state index in [4.69, 9.17) is 14.5 Å². The van der Waals surface area contributed by atoms with Gasteiger partial charge in [0.2, 0.25) is 0 Å². The topological polar surface area (TPSA) is 61.4 Å². The quantitative estimate of drug-likeness (QED) is 0.449. The normalized spacial score (nSPS) is 23.5. The van der Waals surface area contributed by atoms with E-state index in [1.807, 2.05) is 0 Å². The van der Waals surface area contributed by atoms with Gasteiger partial charge in [0, 0.05) is 52.4 Å². The van der Waals surface area contributed by atoms with Crippen LogP contribution in [-0.2, 0) is 22.6 Å². The molecule has 2 N–H and O–H groups in total. The van der Waals surface area contributed by atoms with Crippen molar-refractivity contribution >= 4 is 5.96 Å². The second-order valence-electron chi connectivity index (χ2n) is 9.46. The van der Waals surface area contributed by atoms with E-state index < -0.39 is 0 Å². The lowest BCUT2D eigenvalue weighted by Gasteiger charge is -2.34. The van der Waals surface area contributed by atoms with Crippen LogP contribution in [0.4, 0.5) is 0 Å². The molecule has 0 aromatic heterocycles. The predicted octanol–water partition coefficient (Wildman–Crippen LogP) is 2.32. The molecule has 1 aromatic carbocycles. The molecule has 2 atom stereocenters. The van der Waals surface area contributed by atoms with Crippen molar-refractivity contribution in [2.45, 2.75) is 53.0 Å². The molecular formula is C25H43N5O2. The van der Waals surface area contributed by atoms with Gasteiger partial charge in [-0.05, 0) is 30.9 Å². The van der Waals surface area contributed by atoms with E-state index in [-0.39, 0.29) is 6.10 Å². The van der Waals surface area contributed by atoms with Crippen molar-refractivity contribution in [1.82, 2.24) is 20.4 Å². The number of nitrogens with one attached hydrogen (secondary N) is 2. The fraction of sp³-hybridized carbons (Fsp3) is 0.720. The minimum absolute atomic E-state index is 0.200. The summed E-state index contributed by atoms with van der Waals surface area (Å²) in [6, 6.07) is 8.79. The van der Waals surface area contributed by atoms with E-state index >= 15 is 0 Å². The van der Waals surface area contributed by atoms with Crippen molar-refractivity contribution in [3.8, 4) is 0 Å². The van der Waals surface area contributed by atoms with E-state index in [1.54, 1.807) is 0 Å². The van der Waals surface area contributed by atoms with Gasteiger partial charge in [0.1, 0.15) is 0 Å². The van der Waals surface area contributed by atoms with Crippen LogP contribution in [0.25, 0.3) is 0 Å². The van der Waals surface area contributed by atoms with Gasteiger partial charge in [-0.3, -0.25) is 9.80 Å². The van der Waals surface area contributed by atoms with Crippen LogP contribution in [0.5, 0.6) is 0 Å². The van der Waals surface area contributed by atoms with Gasteiger partial charge in [-0.15, -0.1) is 0 Å². The molecule has 2 fully saturated rings. The highest BCUT2D eigenvalue weighted by atomic mass is 16.5. The Hall–Kier alpha value is -1.67. The van der Waals surface area contributed by atoms with Crippen molar-refractivity contribution in [3.63, 3.8) is 0 Å². The summed E-state index contributed by atoms with van der Waals surface area (Å²) >= 11 is 0. The molecule has 0 aliphatic carbocycles. The summed E-state index contributed by atoms with van der Waals surface area (Å²) in [5, 5.41) is 6.85. The number of ether oxygens (including phenoxy) is 2. The van der Waals surface area contributed by atoms with Gasteiger partial charge in [-0.25, -0.2) is 4.99 Å². The summed E-state index contributed by atoms with van der Waals surface area (Å²) in [4.78, 5) is 9.80. The maximum absolute atomic E-state index is 5.98. The molecule has 0 bridgehead atoms. The Balaban J connectivity index is 1.51. The Labute approximate surface area is 194 Å². The molecule has 7 heteroatoms. The van der Waals surface area contributed by atoms with Gasteiger partial charge in [-0.2, -0.15) is 0 Å². The summed E-state index contributed by atoms with van der Waals surface area (Å²) in [5.74, 6) is 1.53. The highest BCUT2D eigenvalue weighted by Gasteiger charge is 2.21. The Morgan fingerprint density at radius 2 is 1.88 bits per heavy atom. The van der Waals surface area contributed by atoms with Gasteiger partial charge < -0.3 is 20.1 Å². The zero-order chi connectivity index (χ0) is 22.8. The molecule has 32 heavy (non-hydrogen) atoms. The number of aliphatic imine (C=N–C) groups is 1. The number of nitrogens with zero attached hydrogens (tertiary/aromatic N) is 3. The average molecular weight is 446 g/mol. The van der Waals surface area contributed by atoms with Crippen LogP contribution in [-0.4, -0.2) is 87.0 Å². The number of morpholine rings is 2. The lowest BCUT2D eigenvalue weighted by molar-refractivity contribution is -0.0284. The third-order valence-corrected chi connectivity index (χ3v) is 5.83. The number of rotatable bonds is 9. The third kappa shape index (κ3) is 8.70. The van der Waals surface area contributed by atoms with E-state index in [1.165, 1.54) is 11.1 Å². The largest absolute Gasteiger partial charge is 0.376 e. The first-order chi connectivity index (χ1) is 15.5. The van der Waals surface area contributed by atoms with Gasteiger partial charge in [-0.1, -0.05) is 38.1 Å². The standard InChI is InChI=1S/C25H43N5O2/c1-5-26-25(28-15-24-19-29(10-12-32-24)16-20(2)3)27-14-22-7-6-8-23(13-22)18-30-9-11-31-21(4)17-30/h6-8,13,20-21,24H,5,9-12,14-19H2,1-4H3,(H2,26,27,28). The fourth-order valence-electron chi connectivity index (χ4n) is 4.43. The molecule has 2 aliphatic rings. The number of hydrogen-bond donors (Lipinski definition) is 2. The fourth-order valence-corrected chi connectivity index (χ4v) is 4.43. The lowest BCUT2D eigenvalue weighted by atomic mass is 10.1. The van der Waals surface area contributed by atoms with E-state index in [2.05, 4.69) is 72.4 Å². The molecule has 0 saturated carbocycles. The monoisotopic (exact) mass is 445 g/mol. The lowest BCUT2D eigenvalue weighted by Crippen LogP contribution is -2.50. The van der Waals surface area contributed by atoms with Crippen molar-refractivity contribution < 1.29 is 9.47 Å². The van der Waals surface area contributed by atoms with Crippen LogP contribution >= 0.6 is 0 Å². The van der Waals surface area contributed by atoms with Crippen LogP contribution < -0.4 is 10.6 Å². The first-order valence-corrected chi connectivity index (χ1v) is 12.3. The molecule has 0 radical (unpaired) electrons. The minimum atomic E-state index is 0.200. The van der Waals surface area contributed by atoms with E-state index in [9.17, 15) is 0 Å². The van der Waals surface area contributed by atoms with Crippen molar-refractivity contribution in [2.75, 3.05) is 59.0 Å². The zero-order valence-electron chi connectivity index (χ0n) is 20.5. The minimum Gasteiger partial charge on any atom is -0.376 e. The smallest absolute Gasteiger partial charge is 0.191 e. The first kappa shape index (κ1) is 25.0. The second-order valence-corrected chi connectivity index (χ2v) is 9.46. The summed E-state index contributed by atoms with van der Waals surface area (Å²) < 4.78 is 11.6. The Bertz CT molecular complexity index is 711. The van der Waals surface area contributed by atoms with E-state index in [0.29, 0.717) is 18.6 Å². The van der Waals surface area contributed by atoms with E-state index in [0.717, 1.165) is 71.5 Å². The van der Waals surface area contributed by atoms with Gasteiger partial charge in [0.05, 0.1) is 32.0 Å². The van der Waals surface area contributed by atoms with Gasteiger partial charge in [0.15, 0.2) is 5.96 Å².